The molecule has 5 heteroatoms. The van der Waals surface area contributed by atoms with Crippen molar-refractivity contribution in [2.24, 2.45) is 0 Å². The van der Waals surface area contributed by atoms with Gasteiger partial charge in [0.15, 0.2) is 0 Å². The van der Waals surface area contributed by atoms with E-state index in [-0.39, 0.29) is 5.82 Å². The van der Waals surface area contributed by atoms with Crippen LogP contribution in [0.25, 0.3) is 0 Å². The van der Waals surface area contributed by atoms with Crippen molar-refractivity contribution >= 4 is 17.3 Å². The summed E-state index contributed by atoms with van der Waals surface area (Å²) >= 11 is 0. The third-order valence-electron chi connectivity index (χ3n) is 2.89. The highest BCUT2D eigenvalue weighted by atomic mass is 15.3. The lowest BCUT2D eigenvalue weighted by Crippen LogP contribution is -2.14. The van der Waals surface area contributed by atoms with Crippen LogP contribution in [0, 0.1) is 11.3 Å². The molecule has 3 aromatic rings. The van der Waals surface area contributed by atoms with Crippen molar-refractivity contribution < 1.29 is 0 Å². The third-order valence-corrected chi connectivity index (χ3v) is 2.89. The molecule has 0 atom stereocenters. The van der Waals surface area contributed by atoms with Gasteiger partial charge in [-0.1, -0.05) is 36.4 Å². The molecule has 5 nitrogen and oxygen atoms in total. The Morgan fingerprint density at radius 2 is 1.38 bits per heavy atom. The SMILES string of the molecule is N#Cc1ncnc(N(c2ccccc2)c2ccccc2)n1. The molecule has 0 aliphatic carbocycles. The number of hydrogen-bond donors (Lipinski definition) is 0. The lowest BCUT2D eigenvalue weighted by Gasteiger charge is -2.22. The molecular weight excluding hydrogens is 262 g/mol. The summed E-state index contributed by atoms with van der Waals surface area (Å²) < 4.78 is 0. The molecule has 100 valence electrons. The Hall–Kier alpha value is -3.26. The predicted molar refractivity (Wildman–Crippen MR) is 79.2 cm³/mol. The van der Waals surface area contributed by atoms with Gasteiger partial charge in [-0.15, -0.1) is 0 Å². The maximum absolute atomic E-state index is 8.96. The number of benzene rings is 2. The Bertz CT molecular complexity index is 726. The topological polar surface area (TPSA) is 65.7 Å². The van der Waals surface area contributed by atoms with Crippen LogP contribution in [0.1, 0.15) is 5.82 Å². The highest BCUT2D eigenvalue weighted by molar-refractivity contribution is 5.72. The Morgan fingerprint density at radius 3 is 1.90 bits per heavy atom. The van der Waals surface area contributed by atoms with E-state index in [9.17, 15) is 0 Å². The molecule has 21 heavy (non-hydrogen) atoms. The third kappa shape index (κ3) is 2.69. The second-order valence-corrected chi connectivity index (χ2v) is 4.23. The number of hydrogen-bond acceptors (Lipinski definition) is 5. The smallest absolute Gasteiger partial charge is 0.238 e. The van der Waals surface area contributed by atoms with Gasteiger partial charge in [0.2, 0.25) is 11.8 Å². The monoisotopic (exact) mass is 273 g/mol. The van der Waals surface area contributed by atoms with Crippen molar-refractivity contribution in [3.8, 4) is 6.07 Å². The van der Waals surface area contributed by atoms with E-state index in [1.54, 1.807) is 0 Å². The van der Waals surface area contributed by atoms with Gasteiger partial charge in [-0.25, -0.2) is 9.97 Å². The average molecular weight is 273 g/mol. The first kappa shape index (κ1) is 12.8. The predicted octanol–water partition coefficient (Wildman–Crippen LogP) is 3.21. The quantitative estimate of drug-likeness (QED) is 0.733. The van der Waals surface area contributed by atoms with Crippen molar-refractivity contribution in [2.45, 2.75) is 0 Å². The van der Waals surface area contributed by atoms with Gasteiger partial charge in [-0.2, -0.15) is 10.2 Å². The summed E-state index contributed by atoms with van der Waals surface area (Å²) in [6.45, 7) is 0. The zero-order valence-electron chi connectivity index (χ0n) is 11.1. The summed E-state index contributed by atoms with van der Waals surface area (Å²) in [5.41, 5.74) is 1.83. The van der Waals surface area contributed by atoms with Crippen LogP contribution in [-0.2, 0) is 0 Å². The molecule has 0 saturated heterocycles. The van der Waals surface area contributed by atoms with Gasteiger partial charge in [0, 0.05) is 11.4 Å². The van der Waals surface area contributed by atoms with E-state index in [1.807, 2.05) is 71.6 Å². The highest BCUT2D eigenvalue weighted by Gasteiger charge is 2.15. The Labute approximate surface area is 122 Å². The minimum Gasteiger partial charge on any atom is -0.279 e. The van der Waals surface area contributed by atoms with Crippen LogP contribution in [0.2, 0.25) is 0 Å². The van der Waals surface area contributed by atoms with E-state index in [1.165, 1.54) is 6.33 Å². The number of aromatic nitrogens is 3. The number of nitrogens with zero attached hydrogens (tertiary/aromatic N) is 5. The first-order valence-electron chi connectivity index (χ1n) is 6.38. The molecule has 1 aromatic heterocycles. The summed E-state index contributed by atoms with van der Waals surface area (Å²) in [4.78, 5) is 14.1. The normalized spacial score (nSPS) is 9.86. The van der Waals surface area contributed by atoms with Gasteiger partial charge in [0.1, 0.15) is 12.4 Å². The largest absolute Gasteiger partial charge is 0.279 e. The standard InChI is InChI=1S/C16H11N5/c17-11-15-18-12-19-16(20-15)21(13-7-3-1-4-8-13)14-9-5-2-6-10-14/h1-10,12H. The number of rotatable bonds is 3. The van der Waals surface area contributed by atoms with Crippen LogP contribution in [0.5, 0.6) is 0 Å². The van der Waals surface area contributed by atoms with Crippen molar-refractivity contribution in [3.05, 3.63) is 72.8 Å². The van der Waals surface area contributed by atoms with Gasteiger partial charge in [-0.05, 0) is 24.3 Å². The van der Waals surface area contributed by atoms with Crippen molar-refractivity contribution in [2.75, 3.05) is 4.90 Å². The second kappa shape index (κ2) is 5.80. The molecular formula is C16H11N5. The van der Waals surface area contributed by atoms with Crippen LogP contribution < -0.4 is 4.90 Å². The van der Waals surface area contributed by atoms with E-state index >= 15 is 0 Å². The zero-order chi connectivity index (χ0) is 14.5. The number of anilines is 3. The van der Waals surface area contributed by atoms with Crippen LogP contribution in [0.3, 0.4) is 0 Å². The van der Waals surface area contributed by atoms with Crippen molar-refractivity contribution in [1.82, 2.24) is 15.0 Å². The molecule has 0 bridgehead atoms. The van der Waals surface area contributed by atoms with E-state index in [0.29, 0.717) is 5.95 Å². The minimum absolute atomic E-state index is 0.0943. The van der Waals surface area contributed by atoms with Crippen LogP contribution >= 0.6 is 0 Å². The maximum atomic E-state index is 8.96. The Balaban J connectivity index is 2.15. The summed E-state index contributed by atoms with van der Waals surface area (Å²) in [5, 5.41) is 8.96. The molecule has 0 N–H and O–H groups in total. The first-order valence-corrected chi connectivity index (χ1v) is 6.38. The second-order valence-electron chi connectivity index (χ2n) is 4.23. The van der Waals surface area contributed by atoms with Crippen molar-refractivity contribution in [1.29, 1.82) is 5.26 Å². The van der Waals surface area contributed by atoms with E-state index in [0.717, 1.165) is 11.4 Å². The minimum atomic E-state index is 0.0943. The molecule has 0 amide bonds. The Morgan fingerprint density at radius 1 is 0.810 bits per heavy atom. The van der Waals surface area contributed by atoms with E-state index in [4.69, 9.17) is 5.26 Å². The molecule has 0 fully saturated rings. The zero-order valence-corrected chi connectivity index (χ0v) is 11.1. The van der Waals surface area contributed by atoms with Crippen molar-refractivity contribution in [3.63, 3.8) is 0 Å². The first-order chi connectivity index (χ1) is 10.4. The maximum Gasteiger partial charge on any atom is 0.238 e. The van der Waals surface area contributed by atoms with Crippen LogP contribution in [0.4, 0.5) is 17.3 Å². The van der Waals surface area contributed by atoms with Gasteiger partial charge < -0.3 is 0 Å². The van der Waals surface area contributed by atoms with Crippen LogP contribution in [-0.4, -0.2) is 15.0 Å². The summed E-state index contributed by atoms with van der Waals surface area (Å²) in [6.07, 6.45) is 1.35. The van der Waals surface area contributed by atoms with Gasteiger partial charge in [-0.3, -0.25) is 4.90 Å². The number of para-hydroxylation sites is 2. The summed E-state index contributed by atoms with van der Waals surface area (Å²) in [6, 6.07) is 21.4. The van der Waals surface area contributed by atoms with Crippen LogP contribution in [0.15, 0.2) is 67.0 Å². The molecule has 2 aromatic carbocycles. The summed E-state index contributed by atoms with van der Waals surface area (Å²) in [5.74, 6) is 0.510. The average Bonchev–Trinajstić information content (AvgIpc) is 2.57. The lowest BCUT2D eigenvalue weighted by atomic mass is 10.2. The fraction of sp³-hybridized carbons (Fsp3) is 0. The molecule has 1 heterocycles. The molecule has 0 radical (unpaired) electrons. The molecule has 3 rings (SSSR count). The molecule has 0 aliphatic heterocycles. The molecule has 0 unspecified atom stereocenters. The van der Waals surface area contributed by atoms with Gasteiger partial charge >= 0.3 is 0 Å². The molecule has 0 spiro atoms. The van der Waals surface area contributed by atoms with Gasteiger partial charge in [0.25, 0.3) is 0 Å². The fourth-order valence-electron chi connectivity index (χ4n) is 1.98. The Kier molecular flexibility index (Phi) is 3.52. The molecule has 0 aliphatic rings. The highest BCUT2D eigenvalue weighted by Crippen LogP contribution is 2.30. The lowest BCUT2D eigenvalue weighted by molar-refractivity contribution is 0.983. The van der Waals surface area contributed by atoms with E-state index in [2.05, 4.69) is 15.0 Å². The molecule has 0 saturated carbocycles. The van der Waals surface area contributed by atoms with E-state index < -0.39 is 0 Å². The fourth-order valence-corrected chi connectivity index (χ4v) is 1.98. The summed E-state index contributed by atoms with van der Waals surface area (Å²) in [7, 11) is 0. The number of nitriles is 1. The van der Waals surface area contributed by atoms with Gasteiger partial charge in [0.05, 0.1) is 0 Å².